The van der Waals surface area contributed by atoms with E-state index in [1.807, 2.05) is 0 Å². The van der Waals surface area contributed by atoms with Crippen molar-refractivity contribution in [2.24, 2.45) is 11.8 Å². The molecule has 0 amide bonds. The molecule has 1 atom stereocenters. The highest BCUT2D eigenvalue weighted by Crippen LogP contribution is 2.22. The SMILES string of the molecule is CC(C)C[C@@H]1CCCN(CCO)C1. The van der Waals surface area contributed by atoms with E-state index in [1.165, 1.54) is 32.4 Å². The Bertz CT molecular complexity index is 134. The summed E-state index contributed by atoms with van der Waals surface area (Å²) in [5.41, 5.74) is 0. The van der Waals surface area contributed by atoms with Crippen molar-refractivity contribution in [3.8, 4) is 0 Å². The molecule has 0 spiro atoms. The first-order valence-electron chi connectivity index (χ1n) is 5.55. The lowest BCUT2D eigenvalue weighted by molar-refractivity contribution is 0.130. The molecular formula is C11H23NO. The monoisotopic (exact) mass is 185 g/mol. The molecule has 2 heteroatoms. The molecule has 1 N–H and O–H groups in total. The minimum Gasteiger partial charge on any atom is -0.395 e. The molecule has 0 bridgehead atoms. The quantitative estimate of drug-likeness (QED) is 0.721. The zero-order valence-corrected chi connectivity index (χ0v) is 9.00. The predicted molar refractivity (Wildman–Crippen MR) is 55.7 cm³/mol. The van der Waals surface area contributed by atoms with Crippen molar-refractivity contribution in [3.05, 3.63) is 0 Å². The van der Waals surface area contributed by atoms with Gasteiger partial charge in [0.05, 0.1) is 6.61 Å². The second-order valence-corrected chi connectivity index (χ2v) is 4.66. The summed E-state index contributed by atoms with van der Waals surface area (Å²) in [5.74, 6) is 1.69. The van der Waals surface area contributed by atoms with Gasteiger partial charge in [0.2, 0.25) is 0 Å². The third-order valence-electron chi connectivity index (χ3n) is 2.82. The normalized spacial score (nSPS) is 25.4. The molecule has 2 nitrogen and oxygen atoms in total. The first-order chi connectivity index (χ1) is 6.22. The van der Waals surface area contributed by atoms with Crippen molar-refractivity contribution >= 4 is 0 Å². The zero-order chi connectivity index (χ0) is 9.68. The van der Waals surface area contributed by atoms with E-state index in [2.05, 4.69) is 18.7 Å². The topological polar surface area (TPSA) is 23.5 Å². The number of piperidine rings is 1. The maximum atomic E-state index is 8.84. The molecular weight excluding hydrogens is 162 g/mol. The van der Waals surface area contributed by atoms with E-state index in [9.17, 15) is 0 Å². The summed E-state index contributed by atoms with van der Waals surface area (Å²) in [6.07, 6.45) is 4.05. The average Bonchev–Trinajstić information content (AvgIpc) is 2.04. The number of aliphatic hydroxyl groups is 1. The van der Waals surface area contributed by atoms with Crippen molar-refractivity contribution in [2.45, 2.75) is 33.1 Å². The van der Waals surface area contributed by atoms with Gasteiger partial charge in [-0.25, -0.2) is 0 Å². The number of hydrogen-bond acceptors (Lipinski definition) is 2. The van der Waals surface area contributed by atoms with E-state index in [0.29, 0.717) is 6.61 Å². The fourth-order valence-electron chi connectivity index (χ4n) is 2.35. The van der Waals surface area contributed by atoms with Crippen LogP contribution in [0.1, 0.15) is 33.1 Å². The second kappa shape index (κ2) is 5.61. The third-order valence-corrected chi connectivity index (χ3v) is 2.82. The van der Waals surface area contributed by atoms with Crippen molar-refractivity contribution in [3.63, 3.8) is 0 Å². The van der Waals surface area contributed by atoms with Gasteiger partial charge in [-0.05, 0) is 37.6 Å². The van der Waals surface area contributed by atoms with Crippen LogP contribution in [0.4, 0.5) is 0 Å². The van der Waals surface area contributed by atoms with Gasteiger partial charge in [0.25, 0.3) is 0 Å². The molecule has 1 heterocycles. The first kappa shape index (κ1) is 11.0. The van der Waals surface area contributed by atoms with Crippen LogP contribution in [0.5, 0.6) is 0 Å². The van der Waals surface area contributed by atoms with Crippen LogP contribution in [0.3, 0.4) is 0 Å². The van der Waals surface area contributed by atoms with Crippen molar-refractivity contribution in [1.82, 2.24) is 4.90 Å². The van der Waals surface area contributed by atoms with Gasteiger partial charge in [-0.2, -0.15) is 0 Å². The van der Waals surface area contributed by atoms with E-state index >= 15 is 0 Å². The molecule has 1 saturated heterocycles. The Morgan fingerprint density at radius 3 is 2.85 bits per heavy atom. The van der Waals surface area contributed by atoms with Crippen LogP contribution in [0, 0.1) is 11.8 Å². The minimum atomic E-state index is 0.314. The third kappa shape index (κ3) is 4.10. The van der Waals surface area contributed by atoms with Crippen molar-refractivity contribution < 1.29 is 5.11 Å². The Balaban J connectivity index is 2.24. The van der Waals surface area contributed by atoms with E-state index in [-0.39, 0.29) is 0 Å². The molecule has 0 radical (unpaired) electrons. The van der Waals surface area contributed by atoms with Gasteiger partial charge in [0, 0.05) is 13.1 Å². The molecule has 1 aliphatic heterocycles. The van der Waals surface area contributed by atoms with Gasteiger partial charge in [-0.3, -0.25) is 0 Å². The molecule has 0 aliphatic carbocycles. The minimum absolute atomic E-state index is 0.314. The Hall–Kier alpha value is -0.0800. The van der Waals surface area contributed by atoms with Crippen LogP contribution in [0.25, 0.3) is 0 Å². The number of aliphatic hydroxyl groups excluding tert-OH is 1. The standard InChI is InChI=1S/C11H23NO/c1-10(2)8-11-4-3-5-12(9-11)6-7-13/h10-11,13H,3-9H2,1-2H3/t11-/m0/s1. The molecule has 0 aromatic heterocycles. The molecule has 1 aliphatic rings. The molecule has 0 aromatic carbocycles. The van der Waals surface area contributed by atoms with E-state index in [4.69, 9.17) is 5.11 Å². The Morgan fingerprint density at radius 2 is 2.23 bits per heavy atom. The van der Waals surface area contributed by atoms with Crippen LogP contribution >= 0.6 is 0 Å². The van der Waals surface area contributed by atoms with Crippen molar-refractivity contribution in [2.75, 3.05) is 26.2 Å². The summed E-state index contributed by atoms with van der Waals surface area (Å²) in [6, 6.07) is 0. The summed E-state index contributed by atoms with van der Waals surface area (Å²) in [4.78, 5) is 2.40. The van der Waals surface area contributed by atoms with Gasteiger partial charge in [0.1, 0.15) is 0 Å². The molecule has 1 fully saturated rings. The summed E-state index contributed by atoms with van der Waals surface area (Å²) in [7, 11) is 0. The van der Waals surface area contributed by atoms with Crippen molar-refractivity contribution in [1.29, 1.82) is 0 Å². The molecule has 0 aromatic rings. The van der Waals surface area contributed by atoms with E-state index in [1.54, 1.807) is 0 Å². The first-order valence-corrected chi connectivity index (χ1v) is 5.55. The van der Waals surface area contributed by atoms with Crippen LogP contribution in [-0.2, 0) is 0 Å². The molecule has 0 saturated carbocycles. The predicted octanol–water partition coefficient (Wildman–Crippen LogP) is 1.74. The van der Waals surface area contributed by atoms with Gasteiger partial charge in [-0.1, -0.05) is 13.8 Å². The van der Waals surface area contributed by atoms with E-state index in [0.717, 1.165) is 18.4 Å². The lowest BCUT2D eigenvalue weighted by atomic mass is 9.90. The van der Waals surface area contributed by atoms with Crippen LogP contribution in [-0.4, -0.2) is 36.2 Å². The lowest BCUT2D eigenvalue weighted by Crippen LogP contribution is -2.37. The number of nitrogens with zero attached hydrogens (tertiary/aromatic N) is 1. The van der Waals surface area contributed by atoms with Crippen LogP contribution in [0.2, 0.25) is 0 Å². The largest absolute Gasteiger partial charge is 0.395 e. The Kier molecular flexibility index (Phi) is 4.74. The fourth-order valence-corrected chi connectivity index (χ4v) is 2.35. The van der Waals surface area contributed by atoms with E-state index < -0.39 is 0 Å². The maximum Gasteiger partial charge on any atom is 0.0558 e. The number of β-amino-alcohol motifs (C(OH)–C–C–N with tert-alkyl or cyclic N) is 1. The smallest absolute Gasteiger partial charge is 0.0558 e. The molecule has 1 rings (SSSR count). The maximum absolute atomic E-state index is 8.84. The summed E-state index contributed by atoms with van der Waals surface area (Å²) in [5, 5.41) is 8.84. The van der Waals surface area contributed by atoms with Crippen LogP contribution in [0.15, 0.2) is 0 Å². The fraction of sp³-hybridized carbons (Fsp3) is 1.00. The molecule has 78 valence electrons. The summed E-state index contributed by atoms with van der Waals surface area (Å²) >= 11 is 0. The number of likely N-dealkylation sites (tertiary alicyclic amines) is 1. The highest BCUT2D eigenvalue weighted by atomic mass is 16.3. The highest BCUT2D eigenvalue weighted by Gasteiger charge is 2.19. The number of rotatable bonds is 4. The zero-order valence-electron chi connectivity index (χ0n) is 9.00. The Labute approximate surface area is 81.9 Å². The van der Waals surface area contributed by atoms with Gasteiger partial charge in [0.15, 0.2) is 0 Å². The summed E-state index contributed by atoms with van der Waals surface area (Å²) < 4.78 is 0. The summed E-state index contributed by atoms with van der Waals surface area (Å²) in [6.45, 7) is 8.17. The van der Waals surface area contributed by atoms with Gasteiger partial charge in [-0.15, -0.1) is 0 Å². The average molecular weight is 185 g/mol. The second-order valence-electron chi connectivity index (χ2n) is 4.66. The van der Waals surface area contributed by atoms with Crippen LogP contribution < -0.4 is 0 Å². The number of hydrogen-bond donors (Lipinski definition) is 1. The van der Waals surface area contributed by atoms with Gasteiger partial charge < -0.3 is 10.0 Å². The highest BCUT2D eigenvalue weighted by molar-refractivity contribution is 4.73. The molecule has 13 heavy (non-hydrogen) atoms. The molecule has 0 unspecified atom stereocenters. The van der Waals surface area contributed by atoms with Gasteiger partial charge >= 0.3 is 0 Å². The lowest BCUT2D eigenvalue weighted by Gasteiger charge is -2.33. The Morgan fingerprint density at radius 1 is 1.46 bits per heavy atom.